The maximum absolute atomic E-state index is 11.8. The lowest BCUT2D eigenvalue weighted by Crippen LogP contribution is -2.36. The molecule has 1 aromatic heterocycles. The van der Waals surface area contributed by atoms with Gasteiger partial charge in [-0.2, -0.15) is 0 Å². The van der Waals surface area contributed by atoms with Crippen LogP contribution in [0.5, 0.6) is 0 Å². The fourth-order valence-electron chi connectivity index (χ4n) is 1.30. The fourth-order valence-corrected chi connectivity index (χ4v) is 2.76. The van der Waals surface area contributed by atoms with Crippen molar-refractivity contribution in [3.63, 3.8) is 0 Å². The van der Waals surface area contributed by atoms with Gasteiger partial charge in [0.1, 0.15) is 0 Å². The molecule has 0 saturated heterocycles. The highest BCUT2D eigenvalue weighted by Crippen LogP contribution is 2.14. The van der Waals surface area contributed by atoms with E-state index in [1.165, 1.54) is 11.3 Å². The molecule has 2 N–H and O–H groups in total. The van der Waals surface area contributed by atoms with Crippen LogP contribution in [0.1, 0.15) is 30.1 Å². The normalized spacial score (nSPS) is 13.9. The summed E-state index contributed by atoms with van der Waals surface area (Å²) in [7, 11) is -0.927. The van der Waals surface area contributed by atoms with Crippen LogP contribution in [0.4, 0.5) is 5.13 Å². The second kappa shape index (κ2) is 7.42. The lowest BCUT2D eigenvalue weighted by Gasteiger charge is -2.10. The Morgan fingerprint density at radius 3 is 2.83 bits per heavy atom. The highest BCUT2D eigenvalue weighted by molar-refractivity contribution is 7.84. The van der Waals surface area contributed by atoms with E-state index in [0.29, 0.717) is 15.9 Å². The molecule has 0 radical (unpaired) electrons. The first-order valence-corrected chi connectivity index (χ1v) is 8.25. The summed E-state index contributed by atoms with van der Waals surface area (Å²) in [4.78, 5) is 11.8. The lowest BCUT2D eigenvalue weighted by atomic mass is 10.4. The van der Waals surface area contributed by atoms with Gasteiger partial charge >= 0.3 is 0 Å². The van der Waals surface area contributed by atoms with E-state index in [2.05, 4.69) is 20.8 Å². The van der Waals surface area contributed by atoms with Crippen LogP contribution in [0.25, 0.3) is 0 Å². The summed E-state index contributed by atoms with van der Waals surface area (Å²) in [5, 5.41) is 14.5. The van der Waals surface area contributed by atoms with E-state index in [9.17, 15) is 9.00 Å². The minimum Gasteiger partial charge on any atom is -0.360 e. The molecule has 18 heavy (non-hydrogen) atoms. The molecule has 0 aliphatic heterocycles. The molecule has 0 saturated carbocycles. The van der Waals surface area contributed by atoms with Crippen molar-refractivity contribution in [3.05, 3.63) is 5.01 Å². The van der Waals surface area contributed by atoms with E-state index in [0.717, 1.165) is 13.0 Å². The van der Waals surface area contributed by atoms with Crippen molar-refractivity contribution in [1.82, 2.24) is 15.5 Å². The Labute approximate surface area is 113 Å². The second-order valence-electron chi connectivity index (χ2n) is 3.95. The van der Waals surface area contributed by atoms with E-state index in [-0.39, 0.29) is 11.9 Å². The maximum Gasteiger partial charge on any atom is 0.282 e. The first kappa shape index (κ1) is 15.0. The van der Waals surface area contributed by atoms with E-state index in [1.807, 2.05) is 13.8 Å². The van der Waals surface area contributed by atoms with Crippen LogP contribution in [-0.2, 0) is 10.8 Å². The van der Waals surface area contributed by atoms with E-state index in [4.69, 9.17) is 0 Å². The van der Waals surface area contributed by atoms with Crippen LogP contribution in [-0.4, -0.2) is 44.9 Å². The molecule has 8 heteroatoms. The fraction of sp³-hybridized carbons (Fsp3) is 0.700. The van der Waals surface area contributed by atoms with Crippen molar-refractivity contribution in [3.8, 4) is 0 Å². The number of nitrogens with one attached hydrogen (secondary N) is 2. The van der Waals surface area contributed by atoms with Crippen LogP contribution in [0.2, 0.25) is 0 Å². The van der Waals surface area contributed by atoms with Gasteiger partial charge in [0.05, 0.1) is 0 Å². The third kappa shape index (κ3) is 5.09. The van der Waals surface area contributed by atoms with E-state index in [1.54, 1.807) is 6.26 Å². The summed E-state index contributed by atoms with van der Waals surface area (Å²) in [6.07, 6.45) is 2.60. The van der Waals surface area contributed by atoms with Crippen LogP contribution in [0.3, 0.4) is 0 Å². The summed E-state index contributed by atoms with van der Waals surface area (Å²) < 4.78 is 11.0. The summed E-state index contributed by atoms with van der Waals surface area (Å²) >= 11 is 1.22. The second-order valence-corrected chi connectivity index (χ2v) is 6.41. The molecule has 1 rings (SSSR count). The zero-order chi connectivity index (χ0) is 13.5. The Balaban J connectivity index is 2.50. The van der Waals surface area contributed by atoms with Crippen molar-refractivity contribution >= 4 is 33.2 Å². The Morgan fingerprint density at radius 1 is 1.50 bits per heavy atom. The molecule has 0 fully saturated rings. The van der Waals surface area contributed by atoms with Gasteiger partial charge < -0.3 is 10.6 Å². The third-order valence-electron chi connectivity index (χ3n) is 2.01. The van der Waals surface area contributed by atoms with Gasteiger partial charge in [0, 0.05) is 35.4 Å². The molecular weight excluding hydrogens is 272 g/mol. The molecule has 1 aromatic rings. The Bertz CT molecular complexity index is 422. The Hall–Kier alpha value is -1.02. The standard InChI is InChI=1S/C10H18N4O2S2/c1-4-5-11-10-14-13-9(17-10)8(15)12-7(2)6-18(3)16/h7H,4-6H2,1-3H3,(H,11,14)(H,12,15). The van der Waals surface area contributed by atoms with Crippen LogP contribution in [0, 0.1) is 0 Å². The summed E-state index contributed by atoms with van der Waals surface area (Å²) in [6.45, 7) is 4.67. The number of carbonyl (C=O) groups excluding carboxylic acids is 1. The smallest absolute Gasteiger partial charge is 0.282 e. The molecule has 2 unspecified atom stereocenters. The number of anilines is 1. The third-order valence-corrected chi connectivity index (χ3v) is 3.86. The number of rotatable bonds is 7. The van der Waals surface area contributed by atoms with Gasteiger partial charge in [-0.25, -0.2) is 0 Å². The number of hydrogen-bond acceptors (Lipinski definition) is 6. The van der Waals surface area contributed by atoms with Gasteiger partial charge in [-0.05, 0) is 13.3 Å². The monoisotopic (exact) mass is 290 g/mol. The maximum atomic E-state index is 11.8. The van der Waals surface area contributed by atoms with E-state index < -0.39 is 10.8 Å². The molecular formula is C10H18N4O2S2. The molecule has 1 amide bonds. The number of aromatic nitrogens is 2. The number of amides is 1. The number of hydrogen-bond donors (Lipinski definition) is 2. The topological polar surface area (TPSA) is 84.0 Å². The molecule has 0 spiro atoms. The lowest BCUT2D eigenvalue weighted by molar-refractivity contribution is 0.0942. The van der Waals surface area contributed by atoms with Crippen molar-refractivity contribution in [2.24, 2.45) is 0 Å². The molecule has 6 nitrogen and oxygen atoms in total. The van der Waals surface area contributed by atoms with Crippen LogP contribution < -0.4 is 10.6 Å². The van der Waals surface area contributed by atoms with Crippen LogP contribution >= 0.6 is 11.3 Å². The van der Waals surface area contributed by atoms with Crippen LogP contribution in [0.15, 0.2) is 0 Å². The predicted octanol–water partition coefficient (Wildman–Crippen LogP) is 0.857. The Morgan fingerprint density at radius 2 is 2.22 bits per heavy atom. The van der Waals surface area contributed by atoms with Gasteiger partial charge in [0.2, 0.25) is 10.1 Å². The molecule has 2 atom stereocenters. The highest BCUT2D eigenvalue weighted by Gasteiger charge is 2.15. The molecule has 0 bridgehead atoms. The quantitative estimate of drug-likeness (QED) is 0.778. The largest absolute Gasteiger partial charge is 0.360 e. The zero-order valence-electron chi connectivity index (χ0n) is 10.7. The molecule has 0 aliphatic carbocycles. The zero-order valence-corrected chi connectivity index (χ0v) is 12.4. The average Bonchev–Trinajstić information content (AvgIpc) is 2.73. The van der Waals surface area contributed by atoms with E-state index >= 15 is 0 Å². The summed E-state index contributed by atoms with van der Waals surface area (Å²) in [5.41, 5.74) is 0. The minimum atomic E-state index is -0.927. The van der Waals surface area contributed by atoms with Gasteiger partial charge in [-0.3, -0.25) is 9.00 Å². The van der Waals surface area contributed by atoms with Gasteiger partial charge in [-0.1, -0.05) is 18.3 Å². The van der Waals surface area contributed by atoms with Gasteiger partial charge in [0.15, 0.2) is 0 Å². The number of nitrogens with zero attached hydrogens (tertiary/aromatic N) is 2. The first-order valence-electron chi connectivity index (χ1n) is 5.71. The van der Waals surface area contributed by atoms with Crippen molar-refractivity contribution in [2.75, 3.05) is 23.9 Å². The number of carbonyl (C=O) groups is 1. The SMILES string of the molecule is CCCNc1nnc(C(=O)NC(C)CS(C)=O)s1. The van der Waals surface area contributed by atoms with Gasteiger partial charge in [-0.15, -0.1) is 10.2 Å². The summed E-state index contributed by atoms with van der Waals surface area (Å²) in [6, 6.07) is -0.140. The molecule has 0 aliphatic rings. The predicted molar refractivity (Wildman–Crippen MR) is 74.6 cm³/mol. The molecule has 102 valence electrons. The molecule has 1 heterocycles. The van der Waals surface area contributed by atoms with Gasteiger partial charge in [0.25, 0.3) is 5.91 Å². The summed E-state index contributed by atoms with van der Waals surface area (Å²) in [5.74, 6) is 0.167. The highest BCUT2D eigenvalue weighted by atomic mass is 32.2. The van der Waals surface area contributed by atoms with Crippen molar-refractivity contribution in [2.45, 2.75) is 26.3 Å². The molecule has 0 aromatic carbocycles. The Kier molecular flexibility index (Phi) is 6.20. The van der Waals surface area contributed by atoms with Crippen molar-refractivity contribution < 1.29 is 9.00 Å². The minimum absolute atomic E-state index is 0.140. The first-order chi connectivity index (χ1) is 8.52. The van der Waals surface area contributed by atoms with Crippen molar-refractivity contribution in [1.29, 1.82) is 0 Å². The average molecular weight is 290 g/mol.